The summed E-state index contributed by atoms with van der Waals surface area (Å²) in [4.78, 5) is 10.7. The van der Waals surface area contributed by atoms with Gasteiger partial charge in [-0.15, -0.1) is 0 Å². The summed E-state index contributed by atoms with van der Waals surface area (Å²) in [5.74, 6) is 0.453. The molecule has 0 unspecified atom stereocenters. The van der Waals surface area contributed by atoms with Crippen LogP contribution in [0.5, 0.6) is 5.88 Å². The highest BCUT2D eigenvalue weighted by Gasteiger charge is 2.20. The fourth-order valence-electron chi connectivity index (χ4n) is 1.84. The van der Waals surface area contributed by atoms with Gasteiger partial charge >= 0.3 is 0 Å². The molecule has 0 amide bonds. The summed E-state index contributed by atoms with van der Waals surface area (Å²) in [6.45, 7) is 2.07. The van der Waals surface area contributed by atoms with E-state index in [0.29, 0.717) is 11.6 Å². The molecule has 0 saturated carbocycles. The molecule has 0 aromatic carbocycles. The van der Waals surface area contributed by atoms with E-state index in [4.69, 9.17) is 22.7 Å². The van der Waals surface area contributed by atoms with Gasteiger partial charge < -0.3 is 15.4 Å². The highest BCUT2D eigenvalue weighted by molar-refractivity contribution is 7.80. The third kappa shape index (κ3) is 3.10. The Hall–Kier alpha value is -1.27. The SMILES string of the molecule is CN1CCC(Oc2nccnc2C(N)=S)CC1. The number of aromatic nitrogens is 2. The Bertz CT molecular complexity index is 404. The lowest BCUT2D eigenvalue weighted by Crippen LogP contribution is -2.36. The zero-order chi connectivity index (χ0) is 12.3. The van der Waals surface area contributed by atoms with E-state index in [-0.39, 0.29) is 11.1 Å². The molecule has 1 aliphatic rings. The second-order valence-corrected chi connectivity index (χ2v) is 4.63. The lowest BCUT2D eigenvalue weighted by Gasteiger charge is -2.29. The summed E-state index contributed by atoms with van der Waals surface area (Å²) in [7, 11) is 2.11. The molecule has 1 aliphatic heterocycles. The van der Waals surface area contributed by atoms with E-state index in [1.54, 1.807) is 12.4 Å². The lowest BCUT2D eigenvalue weighted by molar-refractivity contribution is 0.109. The van der Waals surface area contributed by atoms with Crippen molar-refractivity contribution in [3.05, 3.63) is 18.1 Å². The number of rotatable bonds is 3. The molecule has 0 aliphatic carbocycles. The van der Waals surface area contributed by atoms with Crippen LogP contribution >= 0.6 is 12.2 Å². The number of hydrogen-bond donors (Lipinski definition) is 1. The van der Waals surface area contributed by atoms with Crippen molar-refractivity contribution >= 4 is 17.2 Å². The molecule has 2 heterocycles. The molecule has 1 saturated heterocycles. The second kappa shape index (κ2) is 5.37. The lowest BCUT2D eigenvalue weighted by atomic mass is 10.1. The summed E-state index contributed by atoms with van der Waals surface area (Å²) in [5, 5.41) is 0. The predicted molar refractivity (Wildman–Crippen MR) is 69.1 cm³/mol. The van der Waals surface area contributed by atoms with E-state index in [2.05, 4.69) is 21.9 Å². The Morgan fingerprint density at radius 3 is 2.71 bits per heavy atom. The van der Waals surface area contributed by atoms with Crippen LogP contribution in [0, 0.1) is 0 Å². The largest absolute Gasteiger partial charge is 0.473 e. The number of nitrogens with two attached hydrogens (primary N) is 1. The predicted octanol–water partition coefficient (Wildman–Crippen LogP) is 0.584. The third-order valence-electron chi connectivity index (χ3n) is 2.84. The van der Waals surface area contributed by atoms with Crippen LogP contribution in [0.2, 0.25) is 0 Å². The molecule has 0 spiro atoms. The Balaban J connectivity index is 2.05. The van der Waals surface area contributed by atoms with Gasteiger partial charge in [-0.3, -0.25) is 0 Å². The van der Waals surface area contributed by atoms with E-state index in [1.807, 2.05) is 0 Å². The molecule has 1 aromatic heterocycles. The quantitative estimate of drug-likeness (QED) is 0.794. The molecule has 0 bridgehead atoms. The molecule has 2 N–H and O–H groups in total. The number of piperidine rings is 1. The van der Waals surface area contributed by atoms with Crippen molar-refractivity contribution in [3.8, 4) is 5.88 Å². The van der Waals surface area contributed by atoms with Crippen molar-refractivity contribution in [2.45, 2.75) is 18.9 Å². The number of nitrogens with zero attached hydrogens (tertiary/aromatic N) is 3. The average molecular weight is 252 g/mol. The van der Waals surface area contributed by atoms with Crippen LogP contribution in [0.3, 0.4) is 0 Å². The van der Waals surface area contributed by atoms with Gasteiger partial charge in [0.05, 0.1) is 0 Å². The minimum atomic E-state index is 0.177. The van der Waals surface area contributed by atoms with E-state index in [1.165, 1.54) is 0 Å². The molecule has 1 aromatic rings. The van der Waals surface area contributed by atoms with Crippen LogP contribution in [0.4, 0.5) is 0 Å². The summed E-state index contributed by atoms with van der Waals surface area (Å²) in [6.07, 6.45) is 5.31. The summed E-state index contributed by atoms with van der Waals surface area (Å²) < 4.78 is 5.83. The van der Waals surface area contributed by atoms with Gasteiger partial charge in [0.2, 0.25) is 5.88 Å². The van der Waals surface area contributed by atoms with E-state index < -0.39 is 0 Å². The summed E-state index contributed by atoms with van der Waals surface area (Å²) in [6, 6.07) is 0. The van der Waals surface area contributed by atoms with Crippen LogP contribution in [0.1, 0.15) is 18.5 Å². The number of hydrogen-bond acceptors (Lipinski definition) is 5. The molecule has 1 fully saturated rings. The maximum Gasteiger partial charge on any atom is 0.243 e. The topological polar surface area (TPSA) is 64.3 Å². The van der Waals surface area contributed by atoms with E-state index in [9.17, 15) is 0 Å². The van der Waals surface area contributed by atoms with Crippen molar-refractivity contribution in [2.75, 3.05) is 20.1 Å². The standard InChI is InChI=1S/C11H16N4OS/c1-15-6-2-8(3-7-15)16-11-9(10(12)17)13-4-5-14-11/h4-5,8H,2-3,6-7H2,1H3,(H2,12,17). The molecule has 6 heteroatoms. The maximum absolute atomic E-state index is 5.83. The van der Waals surface area contributed by atoms with Crippen LogP contribution < -0.4 is 10.5 Å². The molecular weight excluding hydrogens is 236 g/mol. The zero-order valence-corrected chi connectivity index (χ0v) is 10.6. The van der Waals surface area contributed by atoms with Gasteiger partial charge in [0.25, 0.3) is 0 Å². The molecule has 92 valence electrons. The Kier molecular flexibility index (Phi) is 3.86. The molecule has 0 atom stereocenters. The minimum Gasteiger partial charge on any atom is -0.473 e. The van der Waals surface area contributed by atoms with E-state index in [0.717, 1.165) is 25.9 Å². The van der Waals surface area contributed by atoms with Gasteiger partial charge in [-0.05, 0) is 19.9 Å². The fraction of sp³-hybridized carbons (Fsp3) is 0.545. The average Bonchev–Trinajstić information content (AvgIpc) is 2.32. The van der Waals surface area contributed by atoms with Gasteiger partial charge in [0.15, 0.2) is 5.69 Å². The van der Waals surface area contributed by atoms with Crippen LogP contribution in [-0.4, -0.2) is 46.1 Å². The number of ether oxygens (including phenoxy) is 1. The molecule has 2 rings (SSSR count). The first-order valence-corrected chi connectivity index (χ1v) is 6.03. The van der Waals surface area contributed by atoms with Gasteiger partial charge in [-0.1, -0.05) is 12.2 Å². The maximum atomic E-state index is 5.83. The van der Waals surface area contributed by atoms with Crippen LogP contribution in [-0.2, 0) is 0 Å². The number of likely N-dealkylation sites (tertiary alicyclic amines) is 1. The molecule has 0 radical (unpaired) electrons. The van der Waals surface area contributed by atoms with Crippen molar-refractivity contribution in [1.29, 1.82) is 0 Å². The van der Waals surface area contributed by atoms with Crippen LogP contribution in [0.25, 0.3) is 0 Å². The normalized spacial score (nSPS) is 17.9. The highest BCUT2D eigenvalue weighted by Crippen LogP contribution is 2.18. The van der Waals surface area contributed by atoms with E-state index >= 15 is 0 Å². The van der Waals surface area contributed by atoms with Gasteiger partial charge in [-0.25, -0.2) is 9.97 Å². The van der Waals surface area contributed by atoms with Crippen molar-refractivity contribution in [1.82, 2.24) is 14.9 Å². The first kappa shape index (κ1) is 12.2. The van der Waals surface area contributed by atoms with Gasteiger partial charge in [-0.2, -0.15) is 0 Å². The van der Waals surface area contributed by atoms with Crippen molar-refractivity contribution in [3.63, 3.8) is 0 Å². The Labute approximate surface area is 106 Å². The number of thiocarbonyl (C=S) groups is 1. The summed E-state index contributed by atoms with van der Waals surface area (Å²) in [5.41, 5.74) is 6.06. The fourth-order valence-corrected chi connectivity index (χ4v) is 1.98. The first-order chi connectivity index (χ1) is 8.16. The molecular formula is C11H16N4OS. The Morgan fingerprint density at radius 2 is 2.06 bits per heavy atom. The monoisotopic (exact) mass is 252 g/mol. The first-order valence-electron chi connectivity index (χ1n) is 5.63. The molecule has 5 nitrogen and oxygen atoms in total. The van der Waals surface area contributed by atoms with Crippen molar-refractivity contribution in [2.24, 2.45) is 5.73 Å². The van der Waals surface area contributed by atoms with Crippen molar-refractivity contribution < 1.29 is 4.74 Å². The molecule has 17 heavy (non-hydrogen) atoms. The smallest absolute Gasteiger partial charge is 0.243 e. The van der Waals surface area contributed by atoms with Crippen LogP contribution in [0.15, 0.2) is 12.4 Å². The Morgan fingerprint density at radius 1 is 1.41 bits per heavy atom. The van der Waals surface area contributed by atoms with Gasteiger partial charge in [0, 0.05) is 25.5 Å². The third-order valence-corrected chi connectivity index (χ3v) is 3.04. The second-order valence-electron chi connectivity index (χ2n) is 4.19. The zero-order valence-electron chi connectivity index (χ0n) is 9.80. The minimum absolute atomic E-state index is 0.177. The highest BCUT2D eigenvalue weighted by atomic mass is 32.1. The van der Waals surface area contributed by atoms with Gasteiger partial charge in [0.1, 0.15) is 11.1 Å². The summed E-state index contributed by atoms with van der Waals surface area (Å²) >= 11 is 4.92.